The van der Waals surface area contributed by atoms with E-state index in [-0.39, 0.29) is 29.7 Å². The van der Waals surface area contributed by atoms with Gasteiger partial charge >= 0.3 is 5.97 Å². The number of thiophene rings is 1. The van der Waals surface area contributed by atoms with Gasteiger partial charge in [0, 0.05) is 48.6 Å². The predicted octanol–water partition coefficient (Wildman–Crippen LogP) is 6.69. The van der Waals surface area contributed by atoms with Crippen LogP contribution in [0.2, 0.25) is 0 Å². The number of hydrogen-bond acceptors (Lipinski definition) is 8. The molecule has 3 heterocycles. The third kappa shape index (κ3) is 6.63. The summed E-state index contributed by atoms with van der Waals surface area (Å²) in [6.45, 7) is 8.02. The number of rotatable bonds is 10. The Bertz CT molecular complexity index is 2010. The van der Waals surface area contributed by atoms with Crippen LogP contribution in [0.25, 0.3) is 11.0 Å². The molecule has 1 aliphatic heterocycles. The van der Waals surface area contributed by atoms with Crippen molar-refractivity contribution >= 4 is 55.6 Å². The minimum absolute atomic E-state index is 0.0270. The standard InChI is InChI=1S/C36H37N3O6S2/c1-4-44-36(41)34-26(3)29-24-28(15-16-32(29)45-34)47(42,43)39(19-18-27-10-6-5-7-11-27)31-13-9-8-12-30(31)37-20-22-38(23-21-37)35(40)33-17-14-25(2)46-33/h5-17,24H,4,18-23H2,1-3H3. The van der Waals surface area contributed by atoms with Crippen molar-refractivity contribution in [2.24, 2.45) is 0 Å². The third-order valence-corrected chi connectivity index (χ3v) is 11.2. The van der Waals surface area contributed by atoms with Gasteiger partial charge in [-0.1, -0.05) is 42.5 Å². The van der Waals surface area contributed by atoms with Crippen LogP contribution in [-0.4, -0.2) is 64.5 Å². The Morgan fingerprint density at radius 1 is 0.915 bits per heavy atom. The van der Waals surface area contributed by atoms with Gasteiger partial charge in [0.2, 0.25) is 5.76 Å². The van der Waals surface area contributed by atoms with Crippen LogP contribution >= 0.6 is 11.3 Å². The fourth-order valence-corrected chi connectivity index (χ4v) is 8.26. The van der Waals surface area contributed by atoms with Crippen molar-refractivity contribution < 1.29 is 27.2 Å². The molecule has 0 unspecified atom stereocenters. The van der Waals surface area contributed by atoms with E-state index >= 15 is 0 Å². The molecule has 0 N–H and O–H groups in total. The van der Waals surface area contributed by atoms with Gasteiger partial charge in [-0.25, -0.2) is 13.2 Å². The van der Waals surface area contributed by atoms with Gasteiger partial charge < -0.3 is 19.0 Å². The molecule has 0 atom stereocenters. The van der Waals surface area contributed by atoms with E-state index in [0.717, 1.165) is 21.0 Å². The number of amides is 1. The Balaban J connectivity index is 1.33. The number of carbonyl (C=O) groups is 2. The van der Waals surface area contributed by atoms with Crippen molar-refractivity contribution in [2.45, 2.75) is 32.1 Å². The summed E-state index contributed by atoms with van der Waals surface area (Å²) >= 11 is 1.50. The zero-order chi connectivity index (χ0) is 33.1. The molecule has 2 aromatic heterocycles. The van der Waals surface area contributed by atoms with Crippen molar-refractivity contribution in [1.29, 1.82) is 0 Å². The molecule has 0 bridgehead atoms. The van der Waals surface area contributed by atoms with E-state index in [1.54, 1.807) is 26.0 Å². The Labute approximate surface area is 279 Å². The Morgan fingerprint density at radius 2 is 1.64 bits per heavy atom. The molecular weight excluding hydrogens is 635 g/mol. The minimum Gasteiger partial charge on any atom is -0.460 e. The number of fused-ring (bicyclic) bond motifs is 1. The summed E-state index contributed by atoms with van der Waals surface area (Å²) in [4.78, 5) is 31.5. The number of anilines is 2. The SMILES string of the molecule is CCOC(=O)c1oc2ccc(S(=O)(=O)N(CCc3ccccc3)c3ccccc3N3CCN(C(=O)c4ccc(C)s4)CC3)cc2c1C. The summed E-state index contributed by atoms with van der Waals surface area (Å²) < 4.78 is 41.6. The van der Waals surface area contributed by atoms with Crippen LogP contribution in [0.1, 0.15) is 43.2 Å². The average Bonchev–Trinajstić information content (AvgIpc) is 3.67. The number of aryl methyl sites for hydroxylation is 2. The van der Waals surface area contributed by atoms with Gasteiger partial charge in [0.1, 0.15) is 5.58 Å². The number of benzene rings is 3. The van der Waals surface area contributed by atoms with Crippen LogP contribution < -0.4 is 9.21 Å². The molecule has 0 aliphatic carbocycles. The molecule has 1 aliphatic rings. The summed E-state index contributed by atoms with van der Waals surface area (Å²) in [7, 11) is -4.09. The molecule has 6 rings (SSSR count). The number of esters is 1. The lowest BCUT2D eigenvalue weighted by atomic mass is 10.1. The summed E-state index contributed by atoms with van der Waals surface area (Å²) in [5.74, 6) is -0.495. The molecule has 11 heteroatoms. The van der Waals surface area contributed by atoms with Crippen LogP contribution in [0.3, 0.4) is 0 Å². The molecule has 9 nitrogen and oxygen atoms in total. The van der Waals surface area contributed by atoms with Gasteiger partial charge in [0.25, 0.3) is 15.9 Å². The number of para-hydroxylation sites is 2. The topological polar surface area (TPSA) is 100 Å². The molecule has 244 valence electrons. The van der Waals surface area contributed by atoms with Gasteiger partial charge in [-0.05, 0) is 75.2 Å². The van der Waals surface area contributed by atoms with E-state index < -0.39 is 16.0 Å². The number of furan rings is 1. The molecule has 1 amide bonds. The number of sulfonamides is 1. The molecule has 0 spiro atoms. The van der Waals surface area contributed by atoms with Gasteiger partial charge in [-0.2, -0.15) is 0 Å². The second-order valence-corrected chi connectivity index (χ2v) is 14.6. The first-order valence-electron chi connectivity index (χ1n) is 15.6. The first-order chi connectivity index (χ1) is 22.7. The van der Waals surface area contributed by atoms with Crippen molar-refractivity contribution in [3.05, 3.63) is 112 Å². The highest BCUT2D eigenvalue weighted by Gasteiger charge is 2.31. The maximum absolute atomic E-state index is 14.6. The third-order valence-electron chi connectivity index (χ3n) is 8.41. The zero-order valence-electron chi connectivity index (χ0n) is 26.6. The van der Waals surface area contributed by atoms with Crippen molar-refractivity contribution in [3.63, 3.8) is 0 Å². The summed E-state index contributed by atoms with van der Waals surface area (Å²) in [5, 5.41) is 0.534. The lowest BCUT2D eigenvalue weighted by Crippen LogP contribution is -2.49. The monoisotopic (exact) mass is 671 g/mol. The Kier molecular flexibility index (Phi) is 9.38. The van der Waals surface area contributed by atoms with Gasteiger partial charge in [0.05, 0.1) is 27.8 Å². The fraction of sp³-hybridized carbons (Fsp3) is 0.278. The van der Waals surface area contributed by atoms with Crippen LogP contribution in [-0.2, 0) is 21.2 Å². The number of ether oxygens (including phenoxy) is 1. The number of carbonyl (C=O) groups excluding carboxylic acids is 2. The van der Waals surface area contributed by atoms with Crippen LogP contribution in [0.4, 0.5) is 11.4 Å². The number of hydrogen-bond donors (Lipinski definition) is 0. The second kappa shape index (κ2) is 13.6. The molecule has 0 saturated carbocycles. The van der Waals surface area contributed by atoms with Gasteiger partial charge in [-0.15, -0.1) is 11.3 Å². The van der Waals surface area contributed by atoms with Crippen LogP contribution in [0, 0.1) is 13.8 Å². The largest absolute Gasteiger partial charge is 0.460 e. The second-order valence-electron chi connectivity index (χ2n) is 11.4. The Morgan fingerprint density at radius 3 is 2.34 bits per heavy atom. The maximum Gasteiger partial charge on any atom is 0.374 e. The van der Waals surface area contributed by atoms with E-state index in [1.807, 2.05) is 78.6 Å². The van der Waals surface area contributed by atoms with E-state index in [1.165, 1.54) is 21.7 Å². The average molecular weight is 672 g/mol. The van der Waals surface area contributed by atoms with Crippen LogP contribution in [0.15, 0.2) is 94.2 Å². The highest BCUT2D eigenvalue weighted by Crippen LogP contribution is 2.36. The number of piperazine rings is 1. The van der Waals surface area contributed by atoms with E-state index in [0.29, 0.717) is 54.8 Å². The van der Waals surface area contributed by atoms with Crippen molar-refractivity contribution in [3.8, 4) is 0 Å². The predicted molar refractivity (Wildman–Crippen MR) is 185 cm³/mol. The Hall–Kier alpha value is -4.61. The minimum atomic E-state index is -4.09. The molecule has 1 fully saturated rings. The lowest BCUT2D eigenvalue weighted by molar-refractivity contribution is 0.0491. The number of nitrogens with zero attached hydrogens (tertiary/aromatic N) is 3. The molecule has 3 aromatic carbocycles. The molecule has 5 aromatic rings. The van der Waals surface area contributed by atoms with Crippen molar-refractivity contribution in [1.82, 2.24) is 4.90 Å². The lowest BCUT2D eigenvalue weighted by Gasteiger charge is -2.38. The highest BCUT2D eigenvalue weighted by molar-refractivity contribution is 7.92. The first-order valence-corrected chi connectivity index (χ1v) is 17.9. The quantitative estimate of drug-likeness (QED) is 0.153. The van der Waals surface area contributed by atoms with E-state index in [9.17, 15) is 18.0 Å². The van der Waals surface area contributed by atoms with E-state index in [4.69, 9.17) is 9.15 Å². The normalized spacial score (nSPS) is 13.6. The zero-order valence-corrected chi connectivity index (χ0v) is 28.3. The highest BCUT2D eigenvalue weighted by atomic mass is 32.2. The maximum atomic E-state index is 14.6. The fourth-order valence-electron chi connectivity index (χ4n) is 5.92. The summed E-state index contributed by atoms with van der Waals surface area (Å²) in [6.07, 6.45) is 0.497. The molecule has 0 radical (unpaired) electrons. The van der Waals surface area contributed by atoms with Gasteiger partial charge in [0.15, 0.2) is 0 Å². The smallest absolute Gasteiger partial charge is 0.374 e. The van der Waals surface area contributed by atoms with E-state index in [2.05, 4.69) is 4.90 Å². The summed E-state index contributed by atoms with van der Waals surface area (Å²) in [6, 6.07) is 25.8. The first kappa shape index (κ1) is 32.3. The van der Waals surface area contributed by atoms with Crippen LogP contribution in [0.5, 0.6) is 0 Å². The molecule has 1 saturated heterocycles. The van der Waals surface area contributed by atoms with Gasteiger partial charge in [-0.3, -0.25) is 9.10 Å². The summed E-state index contributed by atoms with van der Waals surface area (Å²) in [5.41, 5.74) is 3.30. The molecular formula is C36H37N3O6S2. The molecule has 47 heavy (non-hydrogen) atoms. The van der Waals surface area contributed by atoms with Crippen molar-refractivity contribution in [2.75, 3.05) is 48.5 Å².